The fourth-order valence-electron chi connectivity index (χ4n) is 4.26. The standard InChI is InChI=1S/C25H34N2O4/c1-4-27(22-11-13-31-14-12-22)24-10-7-19(20(17-30-3)16-25(28)29)15-23(24)26-21-8-5-18(2)6-9-21/h5-10,15,20,22,26H,4,11-14,16-17H2,1-3H3,(H,28,29)/t20-/m0/s1. The summed E-state index contributed by atoms with van der Waals surface area (Å²) in [7, 11) is 1.61. The largest absolute Gasteiger partial charge is 0.481 e. The second kappa shape index (κ2) is 11.2. The number of anilines is 3. The van der Waals surface area contributed by atoms with Crippen molar-refractivity contribution >= 4 is 23.0 Å². The zero-order valence-corrected chi connectivity index (χ0v) is 18.8. The molecule has 0 aromatic heterocycles. The minimum Gasteiger partial charge on any atom is -0.481 e. The van der Waals surface area contributed by atoms with Crippen LogP contribution in [-0.4, -0.2) is 50.6 Å². The van der Waals surface area contributed by atoms with E-state index in [-0.39, 0.29) is 12.3 Å². The molecule has 3 rings (SSSR count). The number of aryl methyl sites for hydroxylation is 1. The van der Waals surface area contributed by atoms with Crippen molar-refractivity contribution in [1.82, 2.24) is 0 Å². The van der Waals surface area contributed by atoms with Crippen molar-refractivity contribution in [1.29, 1.82) is 0 Å². The number of methoxy groups -OCH3 is 1. The highest BCUT2D eigenvalue weighted by Gasteiger charge is 2.24. The smallest absolute Gasteiger partial charge is 0.304 e. The van der Waals surface area contributed by atoms with E-state index in [1.165, 1.54) is 5.56 Å². The first kappa shape index (κ1) is 23.1. The van der Waals surface area contributed by atoms with Gasteiger partial charge < -0.3 is 24.8 Å². The van der Waals surface area contributed by atoms with Crippen molar-refractivity contribution in [3.05, 3.63) is 53.6 Å². The van der Waals surface area contributed by atoms with Gasteiger partial charge in [0.2, 0.25) is 0 Å². The summed E-state index contributed by atoms with van der Waals surface area (Å²) >= 11 is 0. The van der Waals surface area contributed by atoms with E-state index in [0.717, 1.165) is 55.2 Å². The number of benzene rings is 2. The van der Waals surface area contributed by atoms with Crippen LogP contribution in [0.5, 0.6) is 0 Å². The van der Waals surface area contributed by atoms with Crippen LogP contribution in [0.1, 0.15) is 43.2 Å². The molecule has 1 aliphatic heterocycles. The molecule has 0 radical (unpaired) electrons. The van der Waals surface area contributed by atoms with E-state index in [4.69, 9.17) is 9.47 Å². The van der Waals surface area contributed by atoms with Gasteiger partial charge in [0.25, 0.3) is 0 Å². The molecular weight excluding hydrogens is 392 g/mol. The van der Waals surface area contributed by atoms with E-state index in [2.05, 4.69) is 60.5 Å². The lowest BCUT2D eigenvalue weighted by atomic mass is 9.94. The van der Waals surface area contributed by atoms with Gasteiger partial charge in [-0.2, -0.15) is 0 Å². The van der Waals surface area contributed by atoms with Gasteiger partial charge >= 0.3 is 5.97 Å². The topological polar surface area (TPSA) is 71.0 Å². The lowest BCUT2D eigenvalue weighted by molar-refractivity contribution is -0.137. The molecule has 168 valence electrons. The van der Waals surface area contributed by atoms with Crippen LogP contribution >= 0.6 is 0 Å². The maximum Gasteiger partial charge on any atom is 0.304 e. The molecule has 1 fully saturated rings. The SMILES string of the molecule is CCN(c1ccc([C@H](COC)CC(=O)O)cc1Nc1ccc(C)cc1)C1CCOCC1. The molecule has 6 heteroatoms. The van der Waals surface area contributed by atoms with Crippen LogP contribution in [0.4, 0.5) is 17.1 Å². The highest BCUT2D eigenvalue weighted by Crippen LogP contribution is 2.35. The first-order valence-electron chi connectivity index (χ1n) is 11.0. The molecule has 2 N–H and O–H groups in total. The molecule has 2 aromatic rings. The quantitative estimate of drug-likeness (QED) is 0.560. The van der Waals surface area contributed by atoms with E-state index in [9.17, 15) is 9.90 Å². The van der Waals surface area contributed by atoms with Gasteiger partial charge in [-0.1, -0.05) is 23.8 Å². The van der Waals surface area contributed by atoms with Crippen LogP contribution in [-0.2, 0) is 14.3 Å². The van der Waals surface area contributed by atoms with Crippen LogP contribution in [0.15, 0.2) is 42.5 Å². The van der Waals surface area contributed by atoms with Crippen molar-refractivity contribution in [2.75, 3.05) is 43.7 Å². The Morgan fingerprint density at radius 1 is 1.23 bits per heavy atom. The van der Waals surface area contributed by atoms with Gasteiger partial charge in [-0.05, 0) is 56.5 Å². The molecule has 1 aliphatic rings. The third-order valence-corrected chi connectivity index (χ3v) is 5.89. The van der Waals surface area contributed by atoms with Crippen molar-refractivity contribution in [2.24, 2.45) is 0 Å². The predicted molar refractivity (Wildman–Crippen MR) is 125 cm³/mol. The molecule has 1 heterocycles. The van der Waals surface area contributed by atoms with E-state index >= 15 is 0 Å². The summed E-state index contributed by atoms with van der Waals surface area (Å²) in [5.74, 6) is -1.02. The molecule has 0 saturated carbocycles. The summed E-state index contributed by atoms with van der Waals surface area (Å²) in [6.45, 7) is 7.08. The highest BCUT2D eigenvalue weighted by molar-refractivity contribution is 5.77. The molecule has 1 saturated heterocycles. The van der Waals surface area contributed by atoms with E-state index in [0.29, 0.717) is 12.6 Å². The lowest BCUT2D eigenvalue weighted by Crippen LogP contribution is -2.39. The number of hydrogen-bond acceptors (Lipinski definition) is 5. The number of carboxylic acids is 1. The average molecular weight is 427 g/mol. The van der Waals surface area contributed by atoms with Gasteiger partial charge in [0.05, 0.1) is 24.4 Å². The highest BCUT2D eigenvalue weighted by atomic mass is 16.5. The summed E-state index contributed by atoms with van der Waals surface area (Å²) in [5, 5.41) is 12.9. The molecule has 0 aliphatic carbocycles. The minimum atomic E-state index is -0.823. The van der Waals surface area contributed by atoms with Crippen LogP contribution in [0, 0.1) is 6.92 Å². The van der Waals surface area contributed by atoms with Crippen molar-refractivity contribution in [3.63, 3.8) is 0 Å². The van der Waals surface area contributed by atoms with Gasteiger partial charge in [-0.25, -0.2) is 0 Å². The first-order chi connectivity index (χ1) is 15.0. The molecule has 31 heavy (non-hydrogen) atoms. The number of nitrogens with zero attached hydrogens (tertiary/aromatic N) is 1. The second-order valence-corrected chi connectivity index (χ2v) is 8.15. The number of carbonyl (C=O) groups is 1. The summed E-state index contributed by atoms with van der Waals surface area (Å²) in [6, 6.07) is 15.0. The van der Waals surface area contributed by atoms with Crippen molar-refractivity contribution in [2.45, 2.75) is 45.1 Å². The minimum absolute atomic E-state index is 0.0363. The van der Waals surface area contributed by atoms with Gasteiger partial charge in [0.15, 0.2) is 0 Å². The van der Waals surface area contributed by atoms with Gasteiger partial charge in [0.1, 0.15) is 0 Å². The average Bonchev–Trinajstić information content (AvgIpc) is 2.77. The molecule has 0 unspecified atom stereocenters. The number of rotatable bonds is 10. The molecule has 0 bridgehead atoms. The Morgan fingerprint density at radius 3 is 2.55 bits per heavy atom. The fourth-order valence-corrected chi connectivity index (χ4v) is 4.26. The normalized spacial score (nSPS) is 15.5. The number of carboxylic acid groups (broad SMARTS) is 1. The molecule has 0 spiro atoms. The molecule has 1 atom stereocenters. The summed E-state index contributed by atoms with van der Waals surface area (Å²) in [5.41, 5.74) is 5.30. The van der Waals surface area contributed by atoms with Crippen molar-refractivity contribution < 1.29 is 19.4 Å². The third kappa shape index (κ3) is 6.21. The summed E-state index contributed by atoms with van der Waals surface area (Å²) < 4.78 is 10.9. The molecule has 2 aromatic carbocycles. The maximum atomic E-state index is 11.4. The Hall–Kier alpha value is -2.57. The number of nitrogens with one attached hydrogen (secondary N) is 1. The fraction of sp³-hybridized carbons (Fsp3) is 0.480. The van der Waals surface area contributed by atoms with Crippen LogP contribution in [0.25, 0.3) is 0 Å². The molecular formula is C25H34N2O4. The number of hydrogen-bond donors (Lipinski definition) is 2. The van der Waals surface area contributed by atoms with Gasteiger partial charge in [-0.15, -0.1) is 0 Å². The van der Waals surface area contributed by atoms with Crippen LogP contribution < -0.4 is 10.2 Å². The Balaban J connectivity index is 1.99. The zero-order chi connectivity index (χ0) is 22.2. The molecule has 0 amide bonds. The summed E-state index contributed by atoms with van der Waals surface area (Å²) in [6.07, 6.45) is 2.05. The maximum absolute atomic E-state index is 11.4. The second-order valence-electron chi connectivity index (χ2n) is 8.15. The van der Waals surface area contributed by atoms with E-state index in [1.54, 1.807) is 7.11 Å². The monoisotopic (exact) mass is 426 g/mol. The number of aliphatic carboxylic acids is 1. The van der Waals surface area contributed by atoms with Gasteiger partial charge in [0, 0.05) is 44.5 Å². The third-order valence-electron chi connectivity index (χ3n) is 5.89. The zero-order valence-electron chi connectivity index (χ0n) is 18.8. The lowest BCUT2D eigenvalue weighted by Gasteiger charge is -2.37. The Morgan fingerprint density at radius 2 is 1.94 bits per heavy atom. The predicted octanol–water partition coefficient (Wildman–Crippen LogP) is 4.95. The van der Waals surface area contributed by atoms with Crippen LogP contribution in [0.2, 0.25) is 0 Å². The van der Waals surface area contributed by atoms with Gasteiger partial charge in [-0.3, -0.25) is 4.79 Å². The Labute approximate surface area is 185 Å². The van der Waals surface area contributed by atoms with E-state index in [1.807, 2.05) is 6.07 Å². The summed E-state index contributed by atoms with van der Waals surface area (Å²) in [4.78, 5) is 13.8. The molecule has 6 nitrogen and oxygen atoms in total. The number of ether oxygens (including phenoxy) is 2. The van der Waals surface area contributed by atoms with E-state index < -0.39 is 5.97 Å². The first-order valence-corrected chi connectivity index (χ1v) is 11.0. The van der Waals surface area contributed by atoms with Crippen LogP contribution in [0.3, 0.4) is 0 Å². The van der Waals surface area contributed by atoms with Crippen molar-refractivity contribution in [3.8, 4) is 0 Å². The Bertz CT molecular complexity index is 847. The Kier molecular flexibility index (Phi) is 8.32.